The average molecular weight is 361 g/mol. The number of carbonyl (C=O) groups is 3. The molecule has 1 aromatic rings. The number of carbonyl (C=O) groups excluding carboxylic acids is 2. The van der Waals surface area contributed by atoms with Crippen LogP contribution < -0.4 is 16.0 Å². The third kappa shape index (κ3) is 4.51. The molecule has 3 rings (SSSR count). The number of nitrogens with one attached hydrogen (secondary N) is 3. The molecule has 2 aliphatic rings. The molecular formula is C18H23N3O5. The van der Waals surface area contributed by atoms with Crippen LogP contribution in [0.1, 0.15) is 36.0 Å². The second-order valence-electron chi connectivity index (χ2n) is 6.83. The molecule has 0 spiro atoms. The Balaban J connectivity index is 1.59. The van der Waals surface area contributed by atoms with E-state index in [1.165, 1.54) is 0 Å². The van der Waals surface area contributed by atoms with Crippen LogP contribution in [0.2, 0.25) is 0 Å². The van der Waals surface area contributed by atoms with Gasteiger partial charge in [0, 0.05) is 37.1 Å². The van der Waals surface area contributed by atoms with Crippen molar-refractivity contribution in [3.63, 3.8) is 0 Å². The number of hydrogen-bond donors (Lipinski definition) is 4. The molecule has 0 atom stereocenters. The van der Waals surface area contributed by atoms with Crippen molar-refractivity contribution in [1.29, 1.82) is 0 Å². The molecule has 0 radical (unpaired) electrons. The van der Waals surface area contributed by atoms with E-state index in [-0.39, 0.29) is 24.5 Å². The van der Waals surface area contributed by atoms with Gasteiger partial charge in [0.05, 0.1) is 5.41 Å². The Kier molecular flexibility index (Phi) is 5.41. The van der Waals surface area contributed by atoms with Gasteiger partial charge in [-0.2, -0.15) is 0 Å². The zero-order chi connectivity index (χ0) is 18.6. The molecule has 3 amide bonds. The van der Waals surface area contributed by atoms with Gasteiger partial charge < -0.3 is 25.8 Å². The van der Waals surface area contributed by atoms with Crippen LogP contribution in [0.5, 0.6) is 0 Å². The zero-order valence-electron chi connectivity index (χ0n) is 14.4. The second kappa shape index (κ2) is 7.74. The minimum atomic E-state index is -0.992. The minimum absolute atomic E-state index is 0.0460. The molecular weight excluding hydrogens is 338 g/mol. The smallest absolute Gasteiger partial charge is 0.319 e. The van der Waals surface area contributed by atoms with E-state index >= 15 is 0 Å². The monoisotopic (exact) mass is 361 g/mol. The lowest BCUT2D eigenvalue weighted by atomic mass is 9.80. The number of anilines is 1. The summed E-state index contributed by atoms with van der Waals surface area (Å²) in [5, 5.41) is 17.7. The first-order valence-corrected chi connectivity index (χ1v) is 8.75. The Labute approximate surface area is 151 Å². The molecule has 4 N–H and O–H groups in total. The summed E-state index contributed by atoms with van der Waals surface area (Å²) in [6, 6.07) is 6.50. The van der Waals surface area contributed by atoms with Gasteiger partial charge in [-0.15, -0.1) is 0 Å². The lowest BCUT2D eigenvalue weighted by Gasteiger charge is -2.33. The molecule has 1 saturated heterocycles. The Hall–Kier alpha value is -2.61. The molecule has 1 aromatic carbocycles. The van der Waals surface area contributed by atoms with E-state index in [0.29, 0.717) is 37.3 Å². The fraction of sp³-hybridized carbons (Fsp3) is 0.500. The summed E-state index contributed by atoms with van der Waals surface area (Å²) < 4.78 is 5.23. The Morgan fingerprint density at radius 3 is 2.58 bits per heavy atom. The maximum atomic E-state index is 12.4. The molecule has 0 bridgehead atoms. The first kappa shape index (κ1) is 18.2. The largest absolute Gasteiger partial charge is 0.481 e. The zero-order valence-corrected chi connectivity index (χ0v) is 14.4. The summed E-state index contributed by atoms with van der Waals surface area (Å²) in [6.45, 7) is 0.791. The van der Waals surface area contributed by atoms with Crippen LogP contribution in [0.4, 0.5) is 10.5 Å². The molecule has 1 saturated carbocycles. The van der Waals surface area contributed by atoms with Gasteiger partial charge in [-0.3, -0.25) is 9.59 Å². The molecule has 2 fully saturated rings. The summed E-state index contributed by atoms with van der Waals surface area (Å²) in [4.78, 5) is 35.8. The first-order chi connectivity index (χ1) is 12.5. The van der Waals surface area contributed by atoms with Crippen molar-refractivity contribution in [2.45, 2.75) is 31.7 Å². The van der Waals surface area contributed by atoms with Crippen LogP contribution in [-0.4, -0.2) is 48.8 Å². The molecule has 8 nitrogen and oxygen atoms in total. The molecule has 1 heterocycles. The van der Waals surface area contributed by atoms with Gasteiger partial charge in [0.2, 0.25) is 0 Å². The fourth-order valence-corrected chi connectivity index (χ4v) is 2.90. The molecule has 140 valence electrons. The van der Waals surface area contributed by atoms with Gasteiger partial charge in [-0.1, -0.05) is 6.07 Å². The standard InChI is InChI=1S/C18H23N3O5/c22-15(19-11-18(16(23)24)6-8-26-9-7-18)12-2-1-3-14(10-12)21-17(25)20-13-4-5-13/h1-3,10,13H,4-9,11H2,(H,19,22)(H,23,24)(H2,20,21,25). The van der Waals surface area contributed by atoms with Gasteiger partial charge in [-0.05, 0) is 43.9 Å². The molecule has 1 aliphatic carbocycles. The normalized spacial score (nSPS) is 18.6. The minimum Gasteiger partial charge on any atom is -0.481 e. The van der Waals surface area contributed by atoms with Gasteiger partial charge in [-0.25, -0.2) is 4.79 Å². The van der Waals surface area contributed by atoms with Gasteiger partial charge in [0.25, 0.3) is 5.91 Å². The van der Waals surface area contributed by atoms with E-state index in [4.69, 9.17) is 4.74 Å². The molecule has 0 unspecified atom stereocenters. The quantitative estimate of drug-likeness (QED) is 0.614. The van der Waals surface area contributed by atoms with Crippen molar-refractivity contribution < 1.29 is 24.2 Å². The van der Waals surface area contributed by atoms with E-state index < -0.39 is 11.4 Å². The SMILES string of the molecule is O=C(Nc1cccc(C(=O)NCC2(C(=O)O)CCOCC2)c1)NC1CC1. The highest BCUT2D eigenvalue weighted by molar-refractivity contribution is 5.97. The summed E-state index contributed by atoms with van der Waals surface area (Å²) in [7, 11) is 0. The van der Waals surface area contributed by atoms with Crippen molar-refractivity contribution in [2.75, 3.05) is 25.1 Å². The number of urea groups is 1. The number of carboxylic acids is 1. The van der Waals surface area contributed by atoms with Gasteiger partial charge >= 0.3 is 12.0 Å². The first-order valence-electron chi connectivity index (χ1n) is 8.75. The Morgan fingerprint density at radius 1 is 1.19 bits per heavy atom. The van der Waals surface area contributed by atoms with Crippen molar-refractivity contribution in [2.24, 2.45) is 5.41 Å². The van der Waals surface area contributed by atoms with Crippen LogP contribution in [0.15, 0.2) is 24.3 Å². The molecule has 8 heteroatoms. The fourth-order valence-electron chi connectivity index (χ4n) is 2.90. The predicted octanol–water partition coefficient (Wildman–Crippen LogP) is 1.58. The van der Waals surface area contributed by atoms with Crippen LogP contribution in [0.3, 0.4) is 0 Å². The Morgan fingerprint density at radius 2 is 1.92 bits per heavy atom. The predicted molar refractivity (Wildman–Crippen MR) is 94.1 cm³/mol. The van der Waals surface area contributed by atoms with E-state index in [1.807, 2.05) is 0 Å². The summed E-state index contributed by atoms with van der Waals surface area (Å²) in [6.07, 6.45) is 2.72. The second-order valence-corrected chi connectivity index (χ2v) is 6.83. The van der Waals surface area contributed by atoms with E-state index in [2.05, 4.69) is 16.0 Å². The number of carboxylic acid groups (broad SMARTS) is 1. The number of benzene rings is 1. The maximum absolute atomic E-state index is 12.4. The number of hydrogen-bond acceptors (Lipinski definition) is 4. The van der Waals surface area contributed by atoms with Crippen molar-refractivity contribution in [3.8, 4) is 0 Å². The highest BCUT2D eigenvalue weighted by atomic mass is 16.5. The van der Waals surface area contributed by atoms with E-state index in [1.54, 1.807) is 24.3 Å². The van der Waals surface area contributed by atoms with Crippen LogP contribution in [-0.2, 0) is 9.53 Å². The summed E-state index contributed by atoms with van der Waals surface area (Å²) >= 11 is 0. The third-order valence-electron chi connectivity index (χ3n) is 4.79. The number of aliphatic carboxylic acids is 1. The van der Waals surface area contributed by atoms with Crippen molar-refractivity contribution >= 4 is 23.6 Å². The van der Waals surface area contributed by atoms with Crippen LogP contribution in [0, 0.1) is 5.41 Å². The highest BCUT2D eigenvalue weighted by Gasteiger charge is 2.40. The average Bonchev–Trinajstić information content (AvgIpc) is 3.44. The topological polar surface area (TPSA) is 117 Å². The van der Waals surface area contributed by atoms with Gasteiger partial charge in [0.1, 0.15) is 0 Å². The summed E-state index contributed by atoms with van der Waals surface area (Å²) in [5.41, 5.74) is -0.120. The lowest BCUT2D eigenvalue weighted by molar-refractivity contribution is -0.154. The van der Waals surface area contributed by atoms with Gasteiger partial charge in [0.15, 0.2) is 0 Å². The van der Waals surface area contributed by atoms with E-state index in [9.17, 15) is 19.5 Å². The molecule has 1 aliphatic heterocycles. The lowest BCUT2D eigenvalue weighted by Crippen LogP contribution is -2.46. The van der Waals surface area contributed by atoms with Crippen molar-refractivity contribution in [3.05, 3.63) is 29.8 Å². The highest BCUT2D eigenvalue weighted by Crippen LogP contribution is 2.30. The van der Waals surface area contributed by atoms with Crippen LogP contribution >= 0.6 is 0 Å². The molecule has 0 aromatic heterocycles. The van der Waals surface area contributed by atoms with Crippen LogP contribution in [0.25, 0.3) is 0 Å². The van der Waals surface area contributed by atoms with Crippen molar-refractivity contribution in [1.82, 2.24) is 10.6 Å². The maximum Gasteiger partial charge on any atom is 0.319 e. The number of rotatable bonds is 6. The third-order valence-corrected chi connectivity index (χ3v) is 4.79. The Bertz CT molecular complexity index is 696. The number of amides is 3. The molecule has 26 heavy (non-hydrogen) atoms. The number of ether oxygens (including phenoxy) is 1. The van der Waals surface area contributed by atoms with E-state index in [0.717, 1.165) is 12.8 Å². The summed E-state index contributed by atoms with van der Waals surface area (Å²) in [5.74, 6) is -1.29.